The van der Waals surface area contributed by atoms with Crippen molar-refractivity contribution in [3.8, 4) is 0 Å². The van der Waals surface area contributed by atoms with Crippen molar-refractivity contribution in [1.82, 2.24) is 4.90 Å². The quantitative estimate of drug-likeness (QED) is 0.652. The second kappa shape index (κ2) is 3.00. The zero-order valence-electron chi connectivity index (χ0n) is 8.72. The van der Waals surface area contributed by atoms with Crippen LogP contribution in [0.3, 0.4) is 0 Å². The van der Waals surface area contributed by atoms with Gasteiger partial charge in [-0.1, -0.05) is 0 Å². The van der Waals surface area contributed by atoms with Gasteiger partial charge in [0.25, 0.3) is 0 Å². The molecule has 0 atom stereocenters. The highest BCUT2D eigenvalue weighted by Gasteiger charge is 2.40. The molecule has 0 spiro atoms. The maximum absolute atomic E-state index is 9.29. The lowest BCUT2D eigenvalue weighted by Gasteiger charge is -2.51. The molecule has 0 aliphatic carbocycles. The molecule has 1 N–H and O–H groups in total. The fraction of sp³-hybridized carbons (Fsp3) is 1.00. The average Bonchev–Trinajstić information content (AvgIpc) is 1.83. The first-order valence-electron chi connectivity index (χ1n) is 4.79. The summed E-state index contributed by atoms with van der Waals surface area (Å²) in [5.41, 5.74) is 0.326. The minimum absolute atomic E-state index is 0.163. The van der Waals surface area contributed by atoms with E-state index in [9.17, 15) is 5.11 Å². The lowest BCUT2D eigenvalue weighted by atomic mass is 9.80. The fourth-order valence-corrected chi connectivity index (χ4v) is 2.43. The molecular weight excluding hydrogens is 150 g/mol. The van der Waals surface area contributed by atoms with Crippen LogP contribution in [0.2, 0.25) is 0 Å². The summed E-state index contributed by atoms with van der Waals surface area (Å²) >= 11 is 0. The van der Waals surface area contributed by atoms with E-state index in [0.717, 1.165) is 0 Å². The summed E-state index contributed by atoms with van der Waals surface area (Å²) in [5, 5.41) is 9.29. The third-order valence-corrected chi connectivity index (χ3v) is 3.18. The Bertz CT molecular complexity index is 147. The summed E-state index contributed by atoms with van der Waals surface area (Å²) in [6, 6.07) is 0. The van der Waals surface area contributed by atoms with Gasteiger partial charge < -0.3 is 5.11 Å². The number of likely N-dealkylation sites (tertiary alicyclic amines) is 1. The molecule has 12 heavy (non-hydrogen) atoms. The van der Waals surface area contributed by atoms with Crippen molar-refractivity contribution in [3.63, 3.8) is 0 Å². The van der Waals surface area contributed by atoms with Crippen molar-refractivity contribution in [3.05, 3.63) is 0 Å². The van der Waals surface area contributed by atoms with Gasteiger partial charge in [-0.3, -0.25) is 4.90 Å². The molecule has 0 amide bonds. The van der Waals surface area contributed by atoms with Crippen LogP contribution in [-0.2, 0) is 0 Å². The SMILES string of the molecule is CC1(C)CCCC(C)(C)N1CO. The van der Waals surface area contributed by atoms with Crippen LogP contribution in [0.5, 0.6) is 0 Å². The summed E-state index contributed by atoms with van der Waals surface area (Å²) in [6.45, 7) is 9.03. The summed E-state index contributed by atoms with van der Waals surface area (Å²) in [6.07, 6.45) is 3.66. The molecule has 0 unspecified atom stereocenters. The van der Waals surface area contributed by atoms with Crippen LogP contribution in [0.15, 0.2) is 0 Å². The predicted octanol–water partition coefficient (Wildman–Crippen LogP) is 1.98. The van der Waals surface area contributed by atoms with E-state index in [2.05, 4.69) is 32.6 Å². The summed E-state index contributed by atoms with van der Waals surface area (Å²) in [5.74, 6) is 0. The van der Waals surface area contributed by atoms with E-state index in [-0.39, 0.29) is 17.8 Å². The van der Waals surface area contributed by atoms with Crippen LogP contribution in [-0.4, -0.2) is 27.8 Å². The Kier molecular flexibility index (Phi) is 2.50. The molecule has 0 radical (unpaired) electrons. The molecule has 0 saturated carbocycles. The molecule has 1 heterocycles. The van der Waals surface area contributed by atoms with E-state index in [4.69, 9.17) is 0 Å². The molecule has 0 bridgehead atoms. The van der Waals surface area contributed by atoms with Crippen molar-refractivity contribution in [2.24, 2.45) is 0 Å². The van der Waals surface area contributed by atoms with Crippen molar-refractivity contribution in [2.75, 3.05) is 6.73 Å². The van der Waals surface area contributed by atoms with E-state index < -0.39 is 0 Å². The largest absolute Gasteiger partial charge is 0.381 e. The Morgan fingerprint density at radius 1 is 1.08 bits per heavy atom. The van der Waals surface area contributed by atoms with Crippen molar-refractivity contribution in [1.29, 1.82) is 0 Å². The Hall–Kier alpha value is -0.0800. The van der Waals surface area contributed by atoms with E-state index in [0.29, 0.717) is 0 Å². The van der Waals surface area contributed by atoms with E-state index >= 15 is 0 Å². The van der Waals surface area contributed by atoms with E-state index in [1.165, 1.54) is 19.3 Å². The molecule has 1 aliphatic heterocycles. The Labute approximate surface area is 75.6 Å². The number of aliphatic hydroxyl groups excluding tert-OH is 1. The molecule has 0 aromatic carbocycles. The van der Waals surface area contributed by atoms with Gasteiger partial charge in [0.15, 0.2) is 0 Å². The van der Waals surface area contributed by atoms with Crippen LogP contribution < -0.4 is 0 Å². The van der Waals surface area contributed by atoms with Gasteiger partial charge in [-0.25, -0.2) is 0 Å². The topological polar surface area (TPSA) is 23.5 Å². The van der Waals surface area contributed by atoms with Gasteiger partial charge >= 0.3 is 0 Å². The van der Waals surface area contributed by atoms with Crippen LogP contribution in [0.25, 0.3) is 0 Å². The Balaban J connectivity index is 2.81. The second-order valence-electron chi connectivity index (χ2n) is 5.05. The number of rotatable bonds is 1. The molecule has 1 rings (SSSR count). The highest BCUT2D eigenvalue weighted by atomic mass is 16.3. The maximum atomic E-state index is 9.29. The Morgan fingerprint density at radius 2 is 1.50 bits per heavy atom. The van der Waals surface area contributed by atoms with E-state index in [1.807, 2.05) is 0 Å². The van der Waals surface area contributed by atoms with Crippen LogP contribution in [0.1, 0.15) is 47.0 Å². The van der Waals surface area contributed by atoms with Crippen LogP contribution >= 0.6 is 0 Å². The summed E-state index contributed by atoms with van der Waals surface area (Å²) in [4.78, 5) is 2.20. The molecule has 1 saturated heterocycles. The van der Waals surface area contributed by atoms with Gasteiger partial charge in [-0.05, 0) is 47.0 Å². The smallest absolute Gasteiger partial charge is 0.0965 e. The number of piperidine rings is 1. The number of nitrogens with zero attached hydrogens (tertiary/aromatic N) is 1. The highest BCUT2D eigenvalue weighted by Crippen LogP contribution is 2.37. The number of hydrogen-bond acceptors (Lipinski definition) is 2. The molecule has 1 aliphatic rings. The third kappa shape index (κ3) is 1.64. The predicted molar refractivity (Wildman–Crippen MR) is 50.9 cm³/mol. The van der Waals surface area contributed by atoms with Gasteiger partial charge in [0, 0.05) is 11.1 Å². The second-order valence-corrected chi connectivity index (χ2v) is 5.05. The zero-order chi connectivity index (χ0) is 9.41. The lowest BCUT2D eigenvalue weighted by molar-refractivity contribution is -0.0807. The molecule has 2 heteroatoms. The molecular formula is C10H21NO. The van der Waals surface area contributed by atoms with E-state index in [1.54, 1.807) is 0 Å². The zero-order valence-corrected chi connectivity index (χ0v) is 8.72. The minimum Gasteiger partial charge on any atom is -0.381 e. The summed E-state index contributed by atoms with van der Waals surface area (Å²) < 4.78 is 0. The molecule has 72 valence electrons. The molecule has 2 nitrogen and oxygen atoms in total. The average molecular weight is 171 g/mol. The van der Waals surface area contributed by atoms with Gasteiger partial charge in [-0.2, -0.15) is 0 Å². The van der Waals surface area contributed by atoms with Crippen LogP contribution in [0, 0.1) is 0 Å². The first kappa shape index (κ1) is 10.0. The molecule has 0 aromatic rings. The summed E-state index contributed by atoms with van der Waals surface area (Å²) in [7, 11) is 0. The third-order valence-electron chi connectivity index (χ3n) is 3.18. The molecule has 0 aromatic heterocycles. The van der Waals surface area contributed by atoms with Crippen molar-refractivity contribution >= 4 is 0 Å². The maximum Gasteiger partial charge on any atom is 0.0965 e. The minimum atomic E-state index is 0.163. The molecule has 1 fully saturated rings. The van der Waals surface area contributed by atoms with Gasteiger partial charge in [0.05, 0.1) is 6.73 Å². The van der Waals surface area contributed by atoms with Crippen molar-refractivity contribution in [2.45, 2.75) is 58.0 Å². The van der Waals surface area contributed by atoms with Gasteiger partial charge in [-0.15, -0.1) is 0 Å². The number of aliphatic hydroxyl groups is 1. The monoisotopic (exact) mass is 171 g/mol. The van der Waals surface area contributed by atoms with Gasteiger partial charge in [0.1, 0.15) is 0 Å². The fourth-order valence-electron chi connectivity index (χ4n) is 2.43. The standard InChI is InChI=1S/C10H21NO/c1-9(2)6-5-7-10(3,4)11(9)8-12/h12H,5-8H2,1-4H3. The first-order valence-corrected chi connectivity index (χ1v) is 4.79. The normalized spacial score (nSPS) is 28.8. The van der Waals surface area contributed by atoms with Crippen molar-refractivity contribution < 1.29 is 5.11 Å². The number of hydrogen-bond donors (Lipinski definition) is 1. The van der Waals surface area contributed by atoms with Gasteiger partial charge in [0.2, 0.25) is 0 Å². The first-order chi connectivity index (χ1) is 5.40. The lowest BCUT2D eigenvalue weighted by Crippen LogP contribution is -2.58. The Morgan fingerprint density at radius 3 is 1.75 bits per heavy atom. The van der Waals surface area contributed by atoms with Crippen LogP contribution in [0.4, 0.5) is 0 Å². The highest BCUT2D eigenvalue weighted by molar-refractivity contribution is 4.95.